The number of imide groups is 1. The van der Waals surface area contributed by atoms with Gasteiger partial charge in [0.25, 0.3) is 11.1 Å². The Kier molecular flexibility index (Phi) is 3.99. The van der Waals surface area contributed by atoms with Crippen molar-refractivity contribution < 1.29 is 28.6 Å². The van der Waals surface area contributed by atoms with Crippen LogP contribution in [0.25, 0.3) is 6.08 Å². The molecule has 0 N–H and O–H groups in total. The molecule has 1 atom stereocenters. The summed E-state index contributed by atoms with van der Waals surface area (Å²) < 4.78 is 15.1. The number of thioether (sulfide) groups is 1. The molecule has 1 fully saturated rings. The Morgan fingerprint density at radius 3 is 2.83 bits per heavy atom. The molecule has 2 amide bonds. The second kappa shape index (κ2) is 5.96. The standard InChI is InChI=1S/C15H13NO6S/c1-8(14(18)20-2)16-13(17)12(23-15(16)19)6-9-3-4-10-11(5-9)22-7-21-10/h3-6,8H,7H2,1-2H3/b12-6+/t8-/m1/s1. The first kappa shape index (κ1) is 15.4. The van der Waals surface area contributed by atoms with Crippen LogP contribution >= 0.6 is 11.8 Å². The maximum atomic E-state index is 12.4. The van der Waals surface area contributed by atoms with E-state index in [1.165, 1.54) is 14.0 Å². The quantitative estimate of drug-likeness (QED) is 0.617. The predicted octanol–water partition coefficient (Wildman–Crippen LogP) is 2.01. The Labute approximate surface area is 136 Å². The first-order valence-electron chi connectivity index (χ1n) is 6.76. The zero-order chi connectivity index (χ0) is 16.6. The number of benzene rings is 1. The van der Waals surface area contributed by atoms with Gasteiger partial charge >= 0.3 is 5.97 Å². The Morgan fingerprint density at radius 1 is 1.35 bits per heavy atom. The lowest BCUT2D eigenvalue weighted by Gasteiger charge is -2.18. The number of amides is 2. The number of hydrogen-bond donors (Lipinski definition) is 0. The number of methoxy groups -OCH3 is 1. The van der Waals surface area contributed by atoms with Crippen LogP contribution in [0.2, 0.25) is 0 Å². The van der Waals surface area contributed by atoms with Crippen molar-refractivity contribution in [2.24, 2.45) is 0 Å². The van der Waals surface area contributed by atoms with Crippen molar-refractivity contribution in [3.05, 3.63) is 28.7 Å². The normalized spacial score (nSPS) is 19.4. The zero-order valence-electron chi connectivity index (χ0n) is 12.4. The first-order valence-corrected chi connectivity index (χ1v) is 7.57. The van der Waals surface area contributed by atoms with Crippen molar-refractivity contribution in [1.29, 1.82) is 0 Å². The van der Waals surface area contributed by atoms with Gasteiger partial charge in [-0.1, -0.05) is 6.07 Å². The molecule has 23 heavy (non-hydrogen) atoms. The average Bonchev–Trinajstić information content (AvgIpc) is 3.10. The van der Waals surface area contributed by atoms with Crippen molar-refractivity contribution in [2.45, 2.75) is 13.0 Å². The molecule has 0 aliphatic carbocycles. The van der Waals surface area contributed by atoms with E-state index >= 15 is 0 Å². The highest BCUT2D eigenvalue weighted by atomic mass is 32.2. The molecule has 1 saturated heterocycles. The number of nitrogens with zero attached hydrogens (tertiary/aromatic N) is 1. The molecule has 120 valence electrons. The molecule has 3 rings (SSSR count). The minimum absolute atomic E-state index is 0.159. The number of fused-ring (bicyclic) bond motifs is 1. The van der Waals surface area contributed by atoms with Gasteiger partial charge in [-0.3, -0.25) is 14.5 Å². The molecule has 2 aliphatic heterocycles. The summed E-state index contributed by atoms with van der Waals surface area (Å²) in [4.78, 5) is 37.1. The smallest absolute Gasteiger partial charge is 0.328 e. The highest BCUT2D eigenvalue weighted by Crippen LogP contribution is 2.36. The molecule has 1 aromatic rings. The van der Waals surface area contributed by atoms with E-state index in [1.54, 1.807) is 24.3 Å². The Morgan fingerprint density at radius 2 is 2.09 bits per heavy atom. The van der Waals surface area contributed by atoms with E-state index in [0.717, 1.165) is 16.7 Å². The van der Waals surface area contributed by atoms with Gasteiger partial charge in [0, 0.05) is 0 Å². The summed E-state index contributed by atoms with van der Waals surface area (Å²) in [6.45, 7) is 1.61. The van der Waals surface area contributed by atoms with Crippen molar-refractivity contribution >= 4 is 35.0 Å². The van der Waals surface area contributed by atoms with Crippen LogP contribution < -0.4 is 9.47 Å². The first-order chi connectivity index (χ1) is 11.0. The van der Waals surface area contributed by atoms with Gasteiger partial charge < -0.3 is 14.2 Å². The molecule has 0 saturated carbocycles. The predicted molar refractivity (Wildman–Crippen MR) is 81.9 cm³/mol. The van der Waals surface area contributed by atoms with E-state index in [9.17, 15) is 14.4 Å². The third-order valence-corrected chi connectivity index (χ3v) is 4.33. The summed E-state index contributed by atoms with van der Waals surface area (Å²) in [5, 5.41) is -0.500. The van der Waals surface area contributed by atoms with Crippen LogP contribution in [-0.2, 0) is 14.3 Å². The Balaban J connectivity index is 1.85. The number of carbonyl (C=O) groups is 3. The molecule has 0 radical (unpaired) electrons. The molecule has 7 nitrogen and oxygen atoms in total. The monoisotopic (exact) mass is 335 g/mol. The fourth-order valence-electron chi connectivity index (χ4n) is 2.24. The highest BCUT2D eigenvalue weighted by molar-refractivity contribution is 8.18. The molecule has 2 aliphatic rings. The second-order valence-electron chi connectivity index (χ2n) is 4.86. The Hall–Kier alpha value is -2.48. The molecular weight excluding hydrogens is 322 g/mol. The van der Waals surface area contributed by atoms with Crippen LogP contribution in [0.4, 0.5) is 4.79 Å². The summed E-state index contributed by atoms with van der Waals surface area (Å²) in [6.07, 6.45) is 1.58. The summed E-state index contributed by atoms with van der Waals surface area (Å²) in [6, 6.07) is 4.25. The second-order valence-corrected chi connectivity index (χ2v) is 5.86. The lowest BCUT2D eigenvalue weighted by Crippen LogP contribution is -2.42. The maximum Gasteiger partial charge on any atom is 0.328 e. The molecule has 0 aromatic heterocycles. The maximum absolute atomic E-state index is 12.4. The van der Waals surface area contributed by atoms with E-state index in [0.29, 0.717) is 17.1 Å². The third kappa shape index (κ3) is 2.77. The molecule has 0 bridgehead atoms. The van der Waals surface area contributed by atoms with E-state index in [1.807, 2.05) is 0 Å². The lowest BCUT2D eigenvalue weighted by molar-refractivity contribution is -0.148. The van der Waals surface area contributed by atoms with Gasteiger partial charge in [-0.15, -0.1) is 0 Å². The molecule has 0 spiro atoms. The van der Waals surface area contributed by atoms with Gasteiger partial charge in [0.05, 0.1) is 12.0 Å². The number of carbonyl (C=O) groups excluding carboxylic acids is 3. The topological polar surface area (TPSA) is 82.1 Å². The van der Waals surface area contributed by atoms with Crippen molar-refractivity contribution in [3.63, 3.8) is 0 Å². The van der Waals surface area contributed by atoms with Gasteiger partial charge in [-0.25, -0.2) is 4.79 Å². The van der Waals surface area contributed by atoms with Gasteiger partial charge in [0.15, 0.2) is 11.5 Å². The minimum atomic E-state index is -0.963. The number of hydrogen-bond acceptors (Lipinski definition) is 7. The van der Waals surface area contributed by atoms with Crippen LogP contribution in [0, 0.1) is 0 Å². The van der Waals surface area contributed by atoms with Gasteiger partial charge in [-0.2, -0.15) is 0 Å². The fourth-order valence-corrected chi connectivity index (χ4v) is 3.15. The van der Waals surface area contributed by atoms with Crippen LogP contribution in [-0.4, -0.2) is 42.0 Å². The largest absolute Gasteiger partial charge is 0.467 e. The number of esters is 1. The highest BCUT2D eigenvalue weighted by Gasteiger charge is 2.41. The third-order valence-electron chi connectivity index (χ3n) is 3.45. The van der Waals surface area contributed by atoms with Crippen molar-refractivity contribution in [1.82, 2.24) is 4.90 Å². The van der Waals surface area contributed by atoms with Gasteiger partial charge in [0.1, 0.15) is 6.04 Å². The van der Waals surface area contributed by atoms with Crippen LogP contribution in [0.5, 0.6) is 11.5 Å². The SMILES string of the molecule is COC(=O)[C@@H](C)N1C(=O)S/C(=C/c2ccc3c(c2)OCO3)C1=O. The van der Waals surface area contributed by atoms with Gasteiger partial charge in [-0.05, 0) is 42.5 Å². The summed E-state index contributed by atoms with van der Waals surface area (Å²) in [7, 11) is 1.21. The summed E-state index contributed by atoms with van der Waals surface area (Å²) in [5.41, 5.74) is 0.700. The van der Waals surface area contributed by atoms with E-state index in [-0.39, 0.29) is 11.7 Å². The van der Waals surface area contributed by atoms with Crippen LogP contribution in [0.15, 0.2) is 23.1 Å². The van der Waals surface area contributed by atoms with Crippen LogP contribution in [0.3, 0.4) is 0 Å². The summed E-state index contributed by atoms with van der Waals surface area (Å²) in [5.74, 6) is 0.0580. The fraction of sp³-hybridized carbons (Fsp3) is 0.267. The Bertz CT molecular complexity index is 729. The molecule has 0 unspecified atom stereocenters. The van der Waals surface area contributed by atoms with Crippen molar-refractivity contribution in [3.8, 4) is 11.5 Å². The molecule has 2 heterocycles. The lowest BCUT2D eigenvalue weighted by atomic mass is 10.2. The summed E-state index contributed by atoms with van der Waals surface area (Å²) >= 11 is 0.785. The number of ether oxygens (including phenoxy) is 3. The minimum Gasteiger partial charge on any atom is -0.467 e. The van der Waals surface area contributed by atoms with Crippen LogP contribution in [0.1, 0.15) is 12.5 Å². The molecular formula is C15H13NO6S. The number of rotatable bonds is 3. The van der Waals surface area contributed by atoms with Crippen molar-refractivity contribution in [2.75, 3.05) is 13.9 Å². The van der Waals surface area contributed by atoms with Gasteiger partial charge in [0.2, 0.25) is 6.79 Å². The average molecular weight is 335 g/mol. The molecule has 1 aromatic carbocycles. The zero-order valence-corrected chi connectivity index (χ0v) is 13.2. The van der Waals surface area contributed by atoms with E-state index in [4.69, 9.17) is 9.47 Å². The van der Waals surface area contributed by atoms with E-state index in [2.05, 4.69) is 4.74 Å². The van der Waals surface area contributed by atoms with E-state index < -0.39 is 23.2 Å². The molecule has 8 heteroatoms.